The molecular weight excluding hydrogens is 283 g/mol. The van der Waals surface area contributed by atoms with Crippen LogP contribution in [0.1, 0.15) is 26.3 Å². The van der Waals surface area contributed by atoms with Crippen LogP contribution >= 0.6 is 15.9 Å². The predicted octanol–water partition coefficient (Wildman–Crippen LogP) is 3.25. The number of rotatable bonds is 5. The van der Waals surface area contributed by atoms with Crippen LogP contribution in [0, 0.1) is 17.7 Å². The van der Waals surface area contributed by atoms with Gasteiger partial charge in [-0.25, -0.2) is 4.39 Å². The maximum atomic E-state index is 13.6. The summed E-state index contributed by atoms with van der Waals surface area (Å²) in [6.07, 6.45) is 0.598. The molecule has 0 saturated carbocycles. The first-order valence-electron chi connectivity index (χ1n) is 5.85. The molecule has 0 fully saturated rings. The Hall–Kier alpha value is -0.450. The van der Waals surface area contributed by atoms with Crippen LogP contribution in [-0.2, 0) is 6.42 Å². The van der Waals surface area contributed by atoms with Crippen LogP contribution in [0.25, 0.3) is 0 Å². The van der Waals surface area contributed by atoms with Gasteiger partial charge < -0.3 is 0 Å². The highest BCUT2D eigenvalue weighted by Gasteiger charge is 2.20. The van der Waals surface area contributed by atoms with Crippen molar-refractivity contribution in [2.75, 3.05) is 0 Å². The van der Waals surface area contributed by atoms with Crippen LogP contribution in [0.5, 0.6) is 0 Å². The molecule has 0 aromatic heterocycles. The molecule has 17 heavy (non-hydrogen) atoms. The Balaban J connectivity index is 2.83. The smallest absolute Gasteiger partial charge is 0.126 e. The van der Waals surface area contributed by atoms with Gasteiger partial charge in [0.15, 0.2) is 0 Å². The van der Waals surface area contributed by atoms with Crippen LogP contribution in [0.15, 0.2) is 22.7 Å². The van der Waals surface area contributed by atoms with Gasteiger partial charge in [0, 0.05) is 10.5 Å². The monoisotopic (exact) mass is 302 g/mol. The van der Waals surface area contributed by atoms with E-state index in [-0.39, 0.29) is 11.9 Å². The molecule has 0 saturated heterocycles. The minimum absolute atomic E-state index is 0.0822. The lowest BCUT2D eigenvalue weighted by molar-refractivity contribution is 0.297. The van der Waals surface area contributed by atoms with Crippen molar-refractivity contribution in [3.63, 3.8) is 0 Å². The van der Waals surface area contributed by atoms with Crippen molar-refractivity contribution in [2.24, 2.45) is 17.7 Å². The largest absolute Gasteiger partial charge is 0.271 e. The van der Waals surface area contributed by atoms with E-state index in [0.29, 0.717) is 23.8 Å². The zero-order valence-corrected chi connectivity index (χ0v) is 12.1. The lowest BCUT2D eigenvalue weighted by atomic mass is 9.87. The standard InChI is InChI=1S/C13H20BrFN2/c1-8(2)9(3)13(17-16)7-10-6-11(14)4-5-12(10)15/h4-6,8-9,13,17H,7,16H2,1-3H3. The van der Waals surface area contributed by atoms with E-state index < -0.39 is 0 Å². The second-order valence-electron chi connectivity index (χ2n) is 4.82. The summed E-state index contributed by atoms with van der Waals surface area (Å²) in [5, 5.41) is 0. The fraction of sp³-hybridized carbons (Fsp3) is 0.538. The highest BCUT2D eigenvalue weighted by molar-refractivity contribution is 9.10. The minimum atomic E-state index is -0.176. The van der Waals surface area contributed by atoms with Gasteiger partial charge in [-0.3, -0.25) is 11.3 Å². The Kier molecular flexibility index (Phi) is 5.56. The first-order chi connectivity index (χ1) is 7.95. The van der Waals surface area contributed by atoms with E-state index in [9.17, 15) is 4.39 Å². The SMILES string of the molecule is CC(C)C(C)C(Cc1cc(Br)ccc1F)NN. The van der Waals surface area contributed by atoms with E-state index in [1.807, 2.05) is 6.07 Å². The van der Waals surface area contributed by atoms with Gasteiger partial charge in [0.25, 0.3) is 0 Å². The number of hydrogen-bond donors (Lipinski definition) is 2. The molecule has 0 radical (unpaired) electrons. The summed E-state index contributed by atoms with van der Waals surface area (Å²) in [6.45, 7) is 6.42. The van der Waals surface area contributed by atoms with E-state index in [1.165, 1.54) is 6.07 Å². The van der Waals surface area contributed by atoms with E-state index in [4.69, 9.17) is 5.84 Å². The van der Waals surface area contributed by atoms with Gasteiger partial charge in [-0.2, -0.15) is 0 Å². The van der Waals surface area contributed by atoms with Gasteiger partial charge in [-0.15, -0.1) is 0 Å². The zero-order valence-electron chi connectivity index (χ0n) is 10.5. The maximum absolute atomic E-state index is 13.6. The number of halogens is 2. The first-order valence-corrected chi connectivity index (χ1v) is 6.65. The van der Waals surface area contributed by atoms with Gasteiger partial charge in [0.05, 0.1) is 0 Å². The molecule has 0 amide bonds. The van der Waals surface area contributed by atoms with Crippen molar-refractivity contribution < 1.29 is 4.39 Å². The number of nitrogens with two attached hydrogens (primary N) is 1. The van der Waals surface area contributed by atoms with Crippen LogP contribution in [0.2, 0.25) is 0 Å². The highest BCUT2D eigenvalue weighted by Crippen LogP contribution is 2.21. The normalized spacial score (nSPS) is 15.0. The molecule has 4 heteroatoms. The molecule has 0 aliphatic carbocycles. The van der Waals surface area contributed by atoms with Crippen molar-refractivity contribution in [3.8, 4) is 0 Å². The maximum Gasteiger partial charge on any atom is 0.126 e. The first kappa shape index (κ1) is 14.6. The minimum Gasteiger partial charge on any atom is -0.271 e. The van der Waals surface area contributed by atoms with E-state index in [2.05, 4.69) is 42.1 Å². The molecule has 96 valence electrons. The predicted molar refractivity (Wildman–Crippen MR) is 72.9 cm³/mol. The molecule has 2 unspecified atom stereocenters. The Morgan fingerprint density at radius 1 is 1.35 bits per heavy atom. The Bertz CT molecular complexity index is 368. The third-order valence-corrected chi connectivity index (χ3v) is 3.84. The van der Waals surface area contributed by atoms with Crippen molar-refractivity contribution in [1.82, 2.24) is 5.43 Å². The fourth-order valence-corrected chi connectivity index (χ4v) is 2.21. The molecule has 2 atom stereocenters. The molecule has 0 bridgehead atoms. The molecule has 1 aromatic carbocycles. The van der Waals surface area contributed by atoms with Crippen molar-refractivity contribution in [2.45, 2.75) is 33.2 Å². The van der Waals surface area contributed by atoms with Gasteiger partial charge in [-0.05, 0) is 42.0 Å². The second-order valence-corrected chi connectivity index (χ2v) is 5.73. The molecule has 2 nitrogen and oxygen atoms in total. The summed E-state index contributed by atoms with van der Waals surface area (Å²) < 4.78 is 14.5. The molecule has 0 spiro atoms. The number of nitrogens with one attached hydrogen (secondary N) is 1. The highest BCUT2D eigenvalue weighted by atomic mass is 79.9. The van der Waals surface area contributed by atoms with Crippen molar-refractivity contribution in [1.29, 1.82) is 0 Å². The summed E-state index contributed by atoms with van der Waals surface area (Å²) in [4.78, 5) is 0. The summed E-state index contributed by atoms with van der Waals surface area (Å²) in [5.74, 6) is 6.28. The molecule has 1 rings (SSSR count). The third-order valence-electron chi connectivity index (χ3n) is 3.35. The molecule has 0 aliphatic rings. The average molecular weight is 303 g/mol. The Labute approximate surface area is 111 Å². The lowest BCUT2D eigenvalue weighted by Gasteiger charge is -2.26. The molecule has 1 aromatic rings. The lowest BCUT2D eigenvalue weighted by Crippen LogP contribution is -2.43. The van der Waals surface area contributed by atoms with Crippen LogP contribution in [-0.4, -0.2) is 6.04 Å². The summed E-state index contributed by atoms with van der Waals surface area (Å²) in [5.41, 5.74) is 3.49. The van der Waals surface area contributed by atoms with E-state index in [1.54, 1.807) is 6.07 Å². The van der Waals surface area contributed by atoms with Crippen molar-refractivity contribution in [3.05, 3.63) is 34.1 Å². The average Bonchev–Trinajstić information content (AvgIpc) is 2.29. The number of hydrazine groups is 1. The van der Waals surface area contributed by atoms with Gasteiger partial charge in [0.2, 0.25) is 0 Å². The summed E-state index contributed by atoms with van der Waals surface area (Å²) >= 11 is 3.36. The summed E-state index contributed by atoms with van der Waals surface area (Å²) in [7, 11) is 0. The molecular formula is C13H20BrFN2. The Morgan fingerprint density at radius 2 is 2.00 bits per heavy atom. The molecule has 0 aliphatic heterocycles. The van der Waals surface area contributed by atoms with Crippen molar-refractivity contribution >= 4 is 15.9 Å². The molecule has 3 N–H and O–H groups in total. The van der Waals surface area contributed by atoms with Crippen LogP contribution in [0.3, 0.4) is 0 Å². The van der Waals surface area contributed by atoms with Gasteiger partial charge >= 0.3 is 0 Å². The number of benzene rings is 1. The van der Waals surface area contributed by atoms with Crippen LogP contribution < -0.4 is 11.3 Å². The van der Waals surface area contributed by atoms with E-state index in [0.717, 1.165) is 4.47 Å². The fourth-order valence-electron chi connectivity index (χ4n) is 1.80. The van der Waals surface area contributed by atoms with Crippen LogP contribution in [0.4, 0.5) is 4.39 Å². The van der Waals surface area contributed by atoms with E-state index >= 15 is 0 Å². The quantitative estimate of drug-likeness (QED) is 0.647. The zero-order chi connectivity index (χ0) is 13.0. The Morgan fingerprint density at radius 3 is 2.53 bits per heavy atom. The van der Waals surface area contributed by atoms with Gasteiger partial charge in [-0.1, -0.05) is 36.7 Å². The topological polar surface area (TPSA) is 38.0 Å². The number of hydrogen-bond acceptors (Lipinski definition) is 2. The molecule has 0 heterocycles. The van der Waals surface area contributed by atoms with Gasteiger partial charge in [0.1, 0.15) is 5.82 Å². The summed E-state index contributed by atoms with van der Waals surface area (Å²) in [6, 6.07) is 5.08. The second kappa shape index (κ2) is 6.47. The third kappa shape index (κ3) is 4.05.